The fourth-order valence-electron chi connectivity index (χ4n) is 0.479. The Kier molecular flexibility index (Phi) is 5.01. The molecule has 0 fully saturated rings. The van der Waals surface area contributed by atoms with Crippen LogP contribution in [-0.4, -0.2) is 19.1 Å². The average Bonchev–Trinajstić information content (AvgIpc) is 1.66. The van der Waals surface area contributed by atoms with Crippen LogP contribution < -0.4 is 11.1 Å². The lowest BCUT2D eigenvalue weighted by molar-refractivity contribution is 0.572. The third-order valence-electron chi connectivity index (χ3n) is 0.906. The largest absolute Gasteiger partial charge is 0.314 e. The second kappa shape index (κ2) is 5.06. The summed E-state index contributed by atoms with van der Waals surface area (Å²) < 4.78 is 0. The Hall–Kier alpha value is -0.0800. The number of rotatable bonds is 4. The maximum atomic E-state index is 6.81. The van der Waals surface area contributed by atoms with Crippen molar-refractivity contribution in [2.24, 2.45) is 0 Å². The summed E-state index contributed by atoms with van der Waals surface area (Å²) in [5.41, 5.74) is 6.81. The summed E-state index contributed by atoms with van der Waals surface area (Å²) in [5, 5.41) is 3.23. The van der Waals surface area contributed by atoms with Crippen molar-refractivity contribution in [1.29, 1.82) is 0 Å². The predicted octanol–water partition coefficient (Wildman–Crippen LogP) is 0.657. The summed E-state index contributed by atoms with van der Waals surface area (Å²) >= 11 is 0. The van der Waals surface area contributed by atoms with Gasteiger partial charge in [0, 0.05) is 12.6 Å². The normalized spacial score (nSPS) is 10.5. The van der Waals surface area contributed by atoms with Crippen LogP contribution in [0, 0.1) is 0 Å². The molecule has 0 atom stereocenters. The highest BCUT2D eigenvalue weighted by molar-refractivity contribution is 4.51. The van der Waals surface area contributed by atoms with Gasteiger partial charge in [-0.3, -0.25) is 5.73 Å². The van der Waals surface area contributed by atoms with E-state index < -0.39 is 0 Å². The van der Waals surface area contributed by atoms with Crippen LogP contribution in [0.25, 0.3) is 0 Å². The molecule has 0 saturated carbocycles. The van der Waals surface area contributed by atoms with Crippen molar-refractivity contribution >= 4 is 0 Å². The Morgan fingerprint density at radius 1 is 1.50 bits per heavy atom. The highest BCUT2D eigenvalue weighted by Crippen LogP contribution is 1.76. The van der Waals surface area contributed by atoms with E-state index in [-0.39, 0.29) is 0 Å². The zero-order valence-corrected chi connectivity index (χ0v) is 5.70. The van der Waals surface area contributed by atoms with Gasteiger partial charge in [-0.2, -0.15) is 0 Å². The van der Waals surface area contributed by atoms with Crippen LogP contribution in [0.1, 0.15) is 20.3 Å². The Balaban J connectivity index is 2.72. The zero-order chi connectivity index (χ0) is 6.41. The number of hydrogen-bond acceptors (Lipinski definition) is 1. The van der Waals surface area contributed by atoms with Gasteiger partial charge in [-0.25, -0.2) is 0 Å². The summed E-state index contributed by atoms with van der Waals surface area (Å²) in [5.74, 6) is 0. The van der Waals surface area contributed by atoms with Gasteiger partial charge in [-0.1, -0.05) is 13.8 Å². The first-order valence-corrected chi connectivity index (χ1v) is 3.15. The van der Waals surface area contributed by atoms with Gasteiger partial charge < -0.3 is 5.32 Å². The van der Waals surface area contributed by atoms with Crippen LogP contribution in [0.4, 0.5) is 0 Å². The molecule has 8 heavy (non-hydrogen) atoms. The molecule has 0 unspecified atom stereocenters. The molecule has 0 saturated heterocycles. The van der Waals surface area contributed by atoms with E-state index in [0.717, 1.165) is 13.0 Å². The Bertz CT molecular complexity index is 43.8. The maximum absolute atomic E-state index is 6.81. The fourth-order valence-corrected chi connectivity index (χ4v) is 0.479. The SMILES string of the molecule is CC(C)NCCC[NH]. The first-order valence-electron chi connectivity index (χ1n) is 3.15. The monoisotopic (exact) mass is 115 g/mol. The second-order valence-corrected chi connectivity index (χ2v) is 2.21. The molecule has 0 aromatic heterocycles. The molecule has 0 spiro atoms. The number of hydrogen-bond donors (Lipinski definition) is 1. The summed E-state index contributed by atoms with van der Waals surface area (Å²) in [6.07, 6.45) is 0.970. The third kappa shape index (κ3) is 5.92. The van der Waals surface area contributed by atoms with Crippen molar-refractivity contribution in [3.05, 3.63) is 0 Å². The van der Waals surface area contributed by atoms with E-state index in [9.17, 15) is 0 Å². The van der Waals surface area contributed by atoms with E-state index in [1.54, 1.807) is 0 Å². The summed E-state index contributed by atoms with van der Waals surface area (Å²) in [4.78, 5) is 0. The molecule has 2 nitrogen and oxygen atoms in total. The van der Waals surface area contributed by atoms with Crippen LogP contribution in [0.5, 0.6) is 0 Å². The van der Waals surface area contributed by atoms with Crippen molar-refractivity contribution in [3.63, 3.8) is 0 Å². The minimum atomic E-state index is 0.541. The Morgan fingerprint density at radius 3 is 2.50 bits per heavy atom. The van der Waals surface area contributed by atoms with Gasteiger partial charge in [0.05, 0.1) is 0 Å². The van der Waals surface area contributed by atoms with E-state index in [2.05, 4.69) is 19.2 Å². The molecule has 49 valence electrons. The third-order valence-corrected chi connectivity index (χ3v) is 0.906. The van der Waals surface area contributed by atoms with Gasteiger partial charge in [0.25, 0.3) is 0 Å². The van der Waals surface area contributed by atoms with Gasteiger partial charge >= 0.3 is 0 Å². The lowest BCUT2D eigenvalue weighted by Crippen LogP contribution is -2.24. The Labute approximate surface area is 51.5 Å². The predicted molar refractivity (Wildman–Crippen MR) is 35.7 cm³/mol. The molecule has 2 heteroatoms. The zero-order valence-electron chi connectivity index (χ0n) is 5.70. The first-order chi connectivity index (χ1) is 3.77. The lowest BCUT2D eigenvalue weighted by atomic mass is 10.3. The van der Waals surface area contributed by atoms with Crippen molar-refractivity contribution in [3.8, 4) is 0 Å². The van der Waals surface area contributed by atoms with Gasteiger partial charge in [0.15, 0.2) is 0 Å². The quantitative estimate of drug-likeness (QED) is 0.537. The van der Waals surface area contributed by atoms with Crippen LogP contribution in [0.15, 0.2) is 0 Å². The Morgan fingerprint density at radius 2 is 2.12 bits per heavy atom. The standard InChI is InChI=1S/C6H15N2/c1-6(2)8-5-3-4-7/h6-8H,3-5H2,1-2H3. The smallest absolute Gasteiger partial charge is 0.0112 e. The van der Waals surface area contributed by atoms with Crippen LogP contribution in [-0.2, 0) is 0 Å². The van der Waals surface area contributed by atoms with E-state index in [1.165, 1.54) is 0 Å². The molecule has 0 aliphatic heterocycles. The molecule has 0 aliphatic rings. The first kappa shape index (κ1) is 7.92. The van der Waals surface area contributed by atoms with Crippen molar-refractivity contribution in [2.75, 3.05) is 13.1 Å². The van der Waals surface area contributed by atoms with Gasteiger partial charge in [0.2, 0.25) is 0 Å². The maximum Gasteiger partial charge on any atom is 0.0112 e. The highest BCUT2D eigenvalue weighted by Gasteiger charge is 1.87. The molecular formula is C6H15N2. The van der Waals surface area contributed by atoms with E-state index >= 15 is 0 Å². The van der Waals surface area contributed by atoms with Gasteiger partial charge in [0.1, 0.15) is 0 Å². The minimum absolute atomic E-state index is 0.541. The van der Waals surface area contributed by atoms with Crippen molar-refractivity contribution in [2.45, 2.75) is 26.3 Å². The topological polar surface area (TPSA) is 35.8 Å². The van der Waals surface area contributed by atoms with Crippen LogP contribution in [0.2, 0.25) is 0 Å². The molecule has 0 bridgehead atoms. The molecule has 0 heterocycles. The second-order valence-electron chi connectivity index (χ2n) is 2.21. The highest BCUT2D eigenvalue weighted by atomic mass is 14.9. The molecule has 1 radical (unpaired) electrons. The van der Waals surface area contributed by atoms with E-state index in [0.29, 0.717) is 12.6 Å². The molecule has 0 aromatic rings. The van der Waals surface area contributed by atoms with Crippen LogP contribution in [0.3, 0.4) is 0 Å². The lowest BCUT2D eigenvalue weighted by Gasteiger charge is -2.04. The van der Waals surface area contributed by atoms with Gasteiger partial charge in [-0.15, -0.1) is 0 Å². The van der Waals surface area contributed by atoms with E-state index in [4.69, 9.17) is 5.73 Å². The summed E-state index contributed by atoms with van der Waals surface area (Å²) in [7, 11) is 0. The molecule has 0 aromatic carbocycles. The molecule has 2 N–H and O–H groups in total. The molecule has 0 amide bonds. The van der Waals surface area contributed by atoms with E-state index in [1.807, 2.05) is 0 Å². The average molecular weight is 115 g/mol. The fraction of sp³-hybridized carbons (Fsp3) is 1.00. The molecular weight excluding hydrogens is 100 g/mol. The number of nitrogens with one attached hydrogen (secondary N) is 2. The molecule has 0 rings (SSSR count). The summed E-state index contributed by atoms with van der Waals surface area (Å²) in [6.45, 7) is 5.76. The minimum Gasteiger partial charge on any atom is -0.314 e. The van der Waals surface area contributed by atoms with Crippen molar-refractivity contribution < 1.29 is 0 Å². The summed E-state index contributed by atoms with van der Waals surface area (Å²) in [6, 6.07) is 0.571. The van der Waals surface area contributed by atoms with Crippen LogP contribution >= 0.6 is 0 Å². The molecule has 0 aliphatic carbocycles. The van der Waals surface area contributed by atoms with Crippen molar-refractivity contribution in [1.82, 2.24) is 11.1 Å². The van der Waals surface area contributed by atoms with Gasteiger partial charge in [-0.05, 0) is 13.0 Å².